The van der Waals surface area contributed by atoms with Crippen molar-refractivity contribution in [2.75, 3.05) is 13.7 Å². The van der Waals surface area contributed by atoms with Crippen LogP contribution in [0.25, 0.3) is 0 Å². The molecule has 0 fully saturated rings. The highest BCUT2D eigenvalue weighted by Crippen LogP contribution is 2.09. The van der Waals surface area contributed by atoms with E-state index in [2.05, 4.69) is 15.6 Å². The number of nitrogens with one attached hydrogen (secondary N) is 2. The predicted molar refractivity (Wildman–Crippen MR) is 80.4 cm³/mol. The van der Waals surface area contributed by atoms with E-state index in [-0.39, 0.29) is 5.76 Å². The van der Waals surface area contributed by atoms with Crippen molar-refractivity contribution in [3.63, 3.8) is 0 Å². The first-order valence-electron chi connectivity index (χ1n) is 6.95. The van der Waals surface area contributed by atoms with Crippen molar-refractivity contribution in [3.8, 4) is 0 Å². The van der Waals surface area contributed by atoms with E-state index in [1.54, 1.807) is 32.4 Å². The second-order valence-corrected chi connectivity index (χ2v) is 4.35. The van der Waals surface area contributed by atoms with E-state index in [1.165, 1.54) is 0 Å². The van der Waals surface area contributed by atoms with Gasteiger partial charge in [-0.25, -0.2) is 4.79 Å². The fraction of sp³-hybridized carbons (Fsp3) is 0.333. The Morgan fingerprint density at radius 2 is 2.00 bits per heavy atom. The highest BCUT2D eigenvalue weighted by molar-refractivity contribution is 5.86. The van der Waals surface area contributed by atoms with E-state index in [0.29, 0.717) is 31.4 Å². The molecule has 2 aromatic heterocycles. The lowest BCUT2D eigenvalue weighted by molar-refractivity contribution is 0.0488. The van der Waals surface area contributed by atoms with Crippen molar-refractivity contribution in [1.82, 2.24) is 10.6 Å². The maximum absolute atomic E-state index is 11.5. The molecule has 0 atom stereocenters. The summed E-state index contributed by atoms with van der Waals surface area (Å²) in [5, 5.41) is 6.19. The Morgan fingerprint density at radius 1 is 1.23 bits per heavy atom. The lowest BCUT2D eigenvalue weighted by atomic mass is 10.4. The van der Waals surface area contributed by atoms with Crippen molar-refractivity contribution in [1.29, 1.82) is 0 Å². The van der Waals surface area contributed by atoms with Crippen LogP contribution in [0.2, 0.25) is 0 Å². The number of aliphatic imine (C=N–C) groups is 1. The Kier molecular flexibility index (Phi) is 5.65. The summed E-state index contributed by atoms with van der Waals surface area (Å²) >= 11 is 0. The van der Waals surface area contributed by atoms with Gasteiger partial charge in [0, 0.05) is 7.05 Å². The highest BCUT2D eigenvalue weighted by atomic mass is 16.5. The molecular weight excluding hydrogens is 286 g/mol. The molecule has 0 aliphatic rings. The van der Waals surface area contributed by atoms with Crippen molar-refractivity contribution in [2.45, 2.75) is 20.0 Å². The molecule has 2 aromatic rings. The molecular formula is C15H19N3O4. The summed E-state index contributed by atoms with van der Waals surface area (Å²) < 4.78 is 15.5. The molecule has 0 unspecified atom stereocenters. The molecule has 0 saturated carbocycles. The van der Waals surface area contributed by atoms with Gasteiger partial charge in [-0.3, -0.25) is 4.99 Å². The normalized spacial score (nSPS) is 11.3. The standard InChI is InChI=1S/C15H19N3O4/c1-3-20-14(19)13-7-6-12(22-13)10-18-15(16-2)17-9-11-5-4-8-21-11/h4-8H,3,9-10H2,1-2H3,(H2,16,17,18). The molecule has 0 bridgehead atoms. The van der Waals surface area contributed by atoms with Gasteiger partial charge in [-0.15, -0.1) is 0 Å². The molecule has 22 heavy (non-hydrogen) atoms. The van der Waals surface area contributed by atoms with Crippen LogP contribution in [0.5, 0.6) is 0 Å². The van der Waals surface area contributed by atoms with Crippen molar-refractivity contribution < 1.29 is 18.4 Å². The Hall–Kier alpha value is -2.70. The number of hydrogen-bond donors (Lipinski definition) is 2. The third kappa shape index (κ3) is 4.41. The van der Waals surface area contributed by atoms with Gasteiger partial charge >= 0.3 is 5.97 Å². The molecule has 7 nitrogen and oxygen atoms in total. The van der Waals surface area contributed by atoms with Crippen LogP contribution in [0.1, 0.15) is 29.0 Å². The monoisotopic (exact) mass is 305 g/mol. The molecule has 0 amide bonds. The smallest absolute Gasteiger partial charge is 0.374 e. The number of carbonyl (C=O) groups is 1. The quantitative estimate of drug-likeness (QED) is 0.481. The van der Waals surface area contributed by atoms with Crippen molar-refractivity contribution in [3.05, 3.63) is 47.8 Å². The molecule has 2 N–H and O–H groups in total. The molecule has 0 aliphatic carbocycles. The third-order valence-corrected chi connectivity index (χ3v) is 2.80. The van der Waals surface area contributed by atoms with Crippen LogP contribution in [-0.4, -0.2) is 25.6 Å². The molecule has 2 rings (SSSR count). The van der Waals surface area contributed by atoms with Gasteiger partial charge in [0.1, 0.15) is 11.5 Å². The molecule has 118 valence electrons. The first-order chi connectivity index (χ1) is 10.7. The van der Waals surface area contributed by atoms with E-state index in [9.17, 15) is 4.79 Å². The number of nitrogens with zero attached hydrogens (tertiary/aromatic N) is 1. The Bertz CT molecular complexity index is 617. The Morgan fingerprint density at radius 3 is 2.64 bits per heavy atom. The van der Waals surface area contributed by atoms with Gasteiger partial charge < -0.3 is 24.2 Å². The summed E-state index contributed by atoms with van der Waals surface area (Å²) in [6, 6.07) is 7.01. The topological polar surface area (TPSA) is 89.0 Å². The zero-order chi connectivity index (χ0) is 15.8. The summed E-state index contributed by atoms with van der Waals surface area (Å²) in [4.78, 5) is 15.6. The molecule has 0 aromatic carbocycles. The molecule has 0 spiro atoms. The lowest BCUT2D eigenvalue weighted by Gasteiger charge is -2.09. The summed E-state index contributed by atoms with van der Waals surface area (Å²) in [5.74, 6) is 1.76. The maximum atomic E-state index is 11.5. The minimum atomic E-state index is -0.464. The van der Waals surface area contributed by atoms with Gasteiger partial charge in [0.15, 0.2) is 5.96 Å². The zero-order valence-corrected chi connectivity index (χ0v) is 12.6. The van der Waals surface area contributed by atoms with E-state index >= 15 is 0 Å². The van der Waals surface area contributed by atoms with Gasteiger partial charge in [-0.2, -0.15) is 0 Å². The summed E-state index contributed by atoms with van der Waals surface area (Å²) in [7, 11) is 1.67. The van der Waals surface area contributed by atoms with Crippen LogP contribution in [0.15, 0.2) is 44.4 Å². The van der Waals surface area contributed by atoms with Gasteiger partial charge in [-0.05, 0) is 31.2 Å². The first kappa shape index (κ1) is 15.7. The molecule has 0 saturated heterocycles. The molecule has 7 heteroatoms. The highest BCUT2D eigenvalue weighted by Gasteiger charge is 2.12. The van der Waals surface area contributed by atoms with Gasteiger partial charge in [0.05, 0.1) is 26.0 Å². The molecule has 0 aliphatic heterocycles. The van der Waals surface area contributed by atoms with Gasteiger partial charge in [0.25, 0.3) is 0 Å². The number of esters is 1. The van der Waals surface area contributed by atoms with Crippen LogP contribution in [0.4, 0.5) is 0 Å². The fourth-order valence-electron chi connectivity index (χ4n) is 1.76. The van der Waals surface area contributed by atoms with Crippen LogP contribution >= 0.6 is 0 Å². The second kappa shape index (κ2) is 7.92. The minimum Gasteiger partial charge on any atom is -0.467 e. The van der Waals surface area contributed by atoms with Crippen molar-refractivity contribution in [2.24, 2.45) is 4.99 Å². The summed E-state index contributed by atoms with van der Waals surface area (Å²) in [5.41, 5.74) is 0. The average molecular weight is 305 g/mol. The van der Waals surface area contributed by atoms with Gasteiger partial charge in [-0.1, -0.05) is 0 Å². The van der Waals surface area contributed by atoms with E-state index in [0.717, 1.165) is 5.76 Å². The van der Waals surface area contributed by atoms with E-state index in [1.807, 2.05) is 12.1 Å². The average Bonchev–Trinajstić information content (AvgIpc) is 3.19. The number of rotatable bonds is 6. The number of hydrogen-bond acceptors (Lipinski definition) is 5. The second-order valence-electron chi connectivity index (χ2n) is 4.35. The number of carbonyl (C=O) groups excluding carboxylic acids is 1. The SMILES string of the molecule is CCOC(=O)c1ccc(CNC(=NC)NCc2ccco2)o1. The zero-order valence-electron chi connectivity index (χ0n) is 12.6. The fourth-order valence-corrected chi connectivity index (χ4v) is 1.76. The van der Waals surface area contributed by atoms with Crippen LogP contribution in [0, 0.1) is 0 Å². The van der Waals surface area contributed by atoms with Crippen LogP contribution < -0.4 is 10.6 Å². The van der Waals surface area contributed by atoms with E-state index < -0.39 is 5.97 Å². The molecule has 2 heterocycles. The first-order valence-corrected chi connectivity index (χ1v) is 6.95. The summed E-state index contributed by atoms with van der Waals surface area (Å²) in [6.45, 7) is 2.99. The van der Waals surface area contributed by atoms with Crippen LogP contribution in [0.3, 0.4) is 0 Å². The predicted octanol–water partition coefficient (Wildman–Crippen LogP) is 1.91. The van der Waals surface area contributed by atoms with E-state index in [4.69, 9.17) is 13.6 Å². The number of guanidine groups is 1. The minimum absolute atomic E-state index is 0.192. The third-order valence-electron chi connectivity index (χ3n) is 2.80. The molecule has 0 radical (unpaired) electrons. The Balaban J connectivity index is 1.81. The van der Waals surface area contributed by atoms with Crippen molar-refractivity contribution >= 4 is 11.9 Å². The number of furan rings is 2. The van der Waals surface area contributed by atoms with Gasteiger partial charge in [0.2, 0.25) is 5.76 Å². The largest absolute Gasteiger partial charge is 0.467 e. The van der Waals surface area contributed by atoms with Crippen LogP contribution in [-0.2, 0) is 17.8 Å². The Labute approximate surface area is 128 Å². The number of ether oxygens (including phenoxy) is 1. The lowest BCUT2D eigenvalue weighted by Crippen LogP contribution is -2.36. The maximum Gasteiger partial charge on any atom is 0.374 e. The summed E-state index contributed by atoms with van der Waals surface area (Å²) in [6.07, 6.45) is 1.62.